The third-order valence-electron chi connectivity index (χ3n) is 4.73. The van der Waals surface area contributed by atoms with Gasteiger partial charge in [0.25, 0.3) is 0 Å². The molecule has 0 aliphatic rings. The first-order valence-electron chi connectivity index (χ1n) is 9.43. The van der Waals surface area contributed by atoms with Gasteiger partial charge in [-0.05, 0) is 52.9 Å². The van der Waals surface area contributed by atoms with Crippen LogP contribution in [0.4, 0.5) is 0 Å². The molecule has 0 N–H and O–H groups in total. The normalized spacial score (nSPS) is 11.4. The third-order valence-corrected chi connectivity index (χ3v) is 4.73. The number of ether oxygens (including phenoxy) is 2. The molecule has 0 amide bonds. The molecule has 3 rings (SSSR count). The first-order chi connectivity index (χ1) is 13.7. The van der Waals surface area contributed by atoms with Crippen molar-refractivity contribution >= 4 is 16.7 Å². The molecule has 1 atom stereocenters. The quantitative estimate of drug-likeness (QED) is 0.433. The van der Waals surface area contributed by atoms with Crippen LogP contribution in [0.15, 0.2) is 66.7 Å². The van der Waals surface area contributed by atoms with E-state index in [1.54, 1.807) is 0 Å². The SMILES string of the molecule is COC(=O)COc1ccc(C#CCC[C@H](C)c2cccc3ccccc23)cc1. The van der Waals surface area contributed by atoms with Crippen LogP contribution in [0.5, 0.6) is 5.75 Å². The summed E-state index contributed by atoms with van der Waals surface area (Å²) in [6, 6.07) is 22.4. The summed E-state index contributed by atoms with van der Waals surface area (Å²) < 4.78 is 9.88. The topological polar surface area (TPSA) is 35.5 Å². The van der Waals surface area contributed by atoms with Gasteiger partial charge in [0.2, 0.25) is 0 Å². The van der Waals surface area contributed by atoms with E-state index in [-0.39, 0.29) is 6.61 Å². The van der Waals surface area contributed by atoms with E-state index in [9.17, 15) is 4.79 Å². The van der Waals surface area contributed by atoms with Crippen molar-refractivity contribution in [2.75, 3.05) is 13.7 Å². The Kier molecular flexibility index (Phi) is 6.70. The molecule has 3 nitrogen and oxygen atoms in total. The zero-order valence-electron chi connectivity index (χ0n) is 16.3. The molecule has 28 heavy (non-hydrogen) atoms. The van der Waals surface area contributed by atoms with E-state index in [0.29, 0.717) is 11.7 Å². The highest BCUT2D eigenvalue weighted by Gasteiger charge is 2.08. The molecule has 0 aromatic heterocycles. The van der Waals surface area contributed by atoms with E-state index in [2.05, 4.69) is 66.0 Å². The number of carbonyl (C=O) groups is 1. The zero-order valence-corrected chi connectivity index (χ0v) is 16.3. The monoisotopic (exact) mass is 372 g/mol. The number of benzene rings is 3. The second-order valence-corrected chi connectivity index (χ2v) is 6.70. The minimum atomic E-state index is -0.399. The van der Waals surface area contributed by atoms with Crippen LogP contribution in [0, 0.1) is 11.8 Å². The van der Waals surface area contributed by atoms with E-state index in [4.69, 9.17) is 4.74 Å². The van der Waals surface area contributed by atoms with Crippen LogP contribution in [-0.2, 0) is 9.53 Å². The molecule has 0 heterocycles. The lowest BCUT2D eigenvalue weighted by Gasteiger charge is -2.13. The van der Waals surface area contributed by atoms with Crippen LogP contribution in [0.2, 0.25) is 0 Å². The lowest BCUT2D eigenvalue weighted by molar-refractivity contribution is -0.142. The molecule has 0 unspecified atom stereocenters. The van der Waals surface area contributed by atoms with Crippen molar-refractivity contribution in [3.63, 3.8) is 0 Å². The molecule has 0 bridgehead atoms. The van der Waals surface area contributed by atoms with Gasteiger partial charge in [-0.25, -0.2) is 4.79 Å². The van der Waals surface area contributed by atoms with Crippen molar-refractivity contribution in [2.24, 2.45) is 0 Å². The van der Waals surface area contributed by atoms with E-state index in [1.807, 2.05) is 24.3 Å². The standard InChI is InChI=1S/C25H24O3/c1-19(23-13-7-11-21-10-5-6-12-24(21)23)8-3-4-9-20-14-16-22(17-15-20)28-18-25(26)27-2/h5-7,10-17,19H,3,8,18H2,1-2H3/t19-/m0/s1. The van der Waals surface area contributed by atoms with Gasteiger partial charge in [-0.2, -0.15) is 0 Å². The number of rotatable bonds is 6. The fraction of sp³-hybridized carbons (Fsp3) is 0.240. The molecule has 3 aromatic rings. The maximum atomic E-state index is 11.1. The molecule has 0 saturated carbocycles. The van der Waals surface area contributed by atoms with Gasteiger partial charge >= 0.3 is 5.97 Å². The smallest absolute Gasteiger partial charge is 0.343 e. The third kappa shape index (κ3) is 5.14. The van der Waals surface area contributed by atoms with Gasteiger partial charge < -0.3 is 9.47 Å². The number of esters is 1. The highest BCUT2D eigenvalue weighted by Crippen LogP contribution is 2.28. The Morgan fingerprint density at radius 3 is 2.54 bits per heavy atom. The minimum absolute atomic E-state index is 0.0897. The van der Waals surface area contributed by atoms with E-state index in [1.165, 1.54) is 23.4 Å². The van der Waals surface area contributed by atoms with Crippen LogP contribution < -0.4 is 4.74 Å². The molecule has 0 aliphatic heterocycles. The molecule has 0 saturated heterocycles. The second-order valence-electron chi connectivity index (χ2n) is 6.70. The predicted molar refractivity (Wildman–Crippen MR) is 112 cm³/mol. The highest BCUT2D eigenvalue weighted by molar-refractivity contribution is 5.86. The Morgan fingerprint density at radius 2 is 1.75 bits per heavy atom. The van der Waals surface area contributed by atoms with Crippen LogP contribution in [0.1, 0.15) is 36.8 Å². The lowest BCUT2D eigenvalue weighted by atomic mass is 9.91. The Labute approximate surface area is 166 Å². The summed E-state index contributed by atoms with van der Waals surface area (Å²) in [5, 5.41) is 2.61. The molecule has 0 spiro atoms. The highest BCUT2D eigenvalue weighted by atomic mass is 16.6. The minimum Gasteiger partial charge on any atom is -0.482 e. The van der Waals surface area contributed by atoms with E-state index >= 15 is 0 Å². The summed E-state index contributed by atoms with van der Waals surface area (Å²) in [7, 11) is 1.34. The number of carbonyl (C=O) groups excluding carboxylic acids is 1. The average molecular weight is 372 g/mol. The van der Waals surface area contributed by atoms with Gasteiger partial charge in [0, 0.05) is 12.0 Å². The number of hydrogen-bond acceptors (Lipinski definition) is 3. The Hall–Kier alpha value is -3.25. The van der Waals surface area contributed by atoms with E-state index in [0.717, 1.165) is 18.4 Å². The number of methoxy groups -OCH3 is 1. The fourth-order valence-electron chi connectivity index (χ4n) is 3.12. The lowest BCUT2D eigenvalue weighted by Crippen LogP contribution is -2.12. The summed E-state index contributed by atoms with van der Waals surface area (Å²) in [6.45, 7) is 2.17. The van der Waals surface area contributed by atoms with Crippen molar-refractivity contribution in [1.29, 1.82) is 0 Å². The van der Waals surface area contributed by atoms with Crippen molar-refractivity contribution < 1.29 is 14.3 Å². The summed E-state index contributed by atoms with van der Waals surface area (Å²) in [6.07, 6.45) is 1.85. The maximum absolute atomic E-state index is 11.1. The average Bonchev–Trinajstić information content (AvgIpc) is 2.75. The first kappa shape index (κ1) is 19.5. The summed E-state index contributed by atoms with van der Waals surface area (Å²) >= 11 is 0. The predicted octanol–water partition coefficient (Wildman–Crippen LogP) is 5.33. The largest absolute Gasteiger partial charge is 0.482 e. The van der Waals surface area contributed by atoms with Gasteiger partial charge in [-0.1, -0.05) is 61.2 Å². The molecule has 0 radical (unpaired) electrons. The Bertz CT molecular complexity index is 988. The van der Waals surface area contributed by atoms with Crippen LogP contribution in [0.25, 0.3) is 10.8 Å². The number of hydrogen-bond donors (Lipinski definition) is 0. The molecule has 142 valence electrons. The fourth-order valence-corrected chi connectivity index (χ4v) is 3.12. The zero-order chi connectivity index (χ0) is 19.8. The second kappa shape index (κ2) is 9.62. The van der Waals surface area contributed by atoms with Gasteiger partial charge in [-0.3, -0.25) is 0 Å². The molecule has 0 fully saturated rings. The van der Waals surface area contributed by atoms with Gasteiger partial charge in [0.15, 0.2) is 6.61 Å². The van der Waals surface area contributed by atoms with Crippen LogP contribution >= 0.6 is 0 Å². The molecular weight excluding hydrogens is 348 g/mol. The summed E-state index contributed by atoms with van der Waals surface area (Å²) in [5.41, 5.74) is 2.32. The van der Waals surface area contributed by atoms with Crippen LogP contribution in [0.3, 0.4) is 0 Å². The number of fused-ring (bicyclic) bond motifs is 1. The molecule has 0 aliphatic carbocycles. The summed E-state index contributed by atoms with van der Waals surface area (Å²) in [4.78, 5) is 11.1. The van der Waals surface area contributed by atoms with Crippen molar-refractivity contribution in [3.8, 4) is 17.6 Å². The summed E-state index contributed by atoms with van der Waals surface area (Å²) in [5.74, 6) is 7.14. The first-order valence-corrected chi connectivity index (χ1v) is 9.43. The molecule has 3 aromatic carbocycles. The van der Waals surface area contributed by atoms with E-state index < -0.39 is 5.97 Å². The Morgan fingerprint density at radius 1 is 1.00 bits per heavy atom. The molecule has 3 heteroatoms. The Balaban J connectivity index is 1.55. The van der Waals surface area contributed by atoms with Gasteiger partial charge in [0.1, 0.15) is 5.75 Å². The van der Waals surface area contributed by atoms with Crippen LogP contribution in [-0.4, -0.2) is 19.7 Å². The van der Waals surface area contributed by atoms with Gasteiger partial charge in [-0.15, -0.1) is 0 Å². The van der Waals surface area contributed by atoms with Gasteiger partial charge in [0.05, 0.1) is 7.11 Å². The maximum Gasteiger partial charge on any atom is 0.343 e. The molecular formula is C25H24O3. The van der Waals surface area contributed by atoms with Crippen molar-refractivity contribution in [2.45, 2.75) is 25.7 Å². The van der Waals surface area contributed by atoms with Crippen molar-refractivity contribution in [1.82, 2.24) is 0 Å². The van der Waals surface area contributed by atoms with Crippen molar-refractivity contribution in [3.05, 3.63) is 77.9 Å².